The fourth-order valence-electron chi connectivity index (χ4n) is 4.42. The van der Waals surface area contributed by atoms with Crippen LogP contribution in [-0.2, 0) is 9.53 Å². The molecule has 1 aromatic rings. The van der Waals surface area contributed by atoms with Gasteiger partial charge in [-0.3, -0.25) is 4.79 Å². The Hall–Kier alpha value is -1.29. The molecular formula is C22H30ClFO3. The number of hydrogen-bond acceptors (Lipinski definition) is 3. The molecule has 0 spiro atoms. The Kier molecular flexibility index (Phi) is 6.35. The van der Waals surface area contributed by atoms with E-state index < -0.39 is 5.82 Å². The van der Waals surface area contributed by atoms with Gasteiger partial charge in [-0.15, -0.1) is 0 Å². The van der Waals surface area contributed by atoms with E-state index in [1.54, 1.807) is 13.0 Å². The summed E-state index contributed by atoms with van der Waals surface area (Å²) in [6.45, 7) is 8.78. The van der Waals surface area contributed by atoms with Crippen LogP contribution in [0.1, 0.15) is 64.9 Å². The molecule has 0 saturated heterocycles. The van der Waals surface area contributed by atoms with Crippen molar-refractivity contribution in [3.63, 3.8) is 0 Å². The molecule has 5 heteroatoms. The molecule has 27 heavy (non-hydrogen) atoms. The maximum atomic E-state index is 14.8. The molecule has 3 nitrogen and oxygen atoms in total. The Morgan fingerprint density at radius 1 is 1.30 bits per heavy atom. The monoisotopic (exact) mass is 396 g/mol. The molecule has 3 rings (SSSR count). The maximum Gasteiger partial charge on any atom is 0.309 e. The smallest absolute Gasteiger partial charge is 0.309 e. The van der Waals surface area contributed by atoms with Crippen LogP contribution in [-0.4, -0.2) is 18.7 Å². The Balaban J connectivity index is 1.69. The van der Waals surface area contributed by atoms with Gasteiger partial charge in [-0.2, -0.15) is 0 Å². The van der Waals surface area contributed by atoms with Crippen molar-refractivity contribution in [3.05, 3.63) is 28.5 Å². The lowest BCUT2D eigenvalue weighted by Crippen LogP contribution is -2.36. The summed E-state index contributed by atoms with van der Waals surface area (Å²) in [5.74, 6) is 0.476. The van der Waals surface area contributed by atoms with Gasteiger partial charge in [0.1, 0.15) is 6.10 Å². The Bertz CT molecular complexity index is 690. The zero-order valence-corrected chi connectivity index (χ0v) is 17.4. The topological polar surface area (TPSA) is 35.5 Å². The van der Waals surface area contributed by atoms with Gasteiger partial charge in [0.15, 0.2) is 11.6 Å². The number of esters is 1. The van der Waals surface area contributed by atoms with E-state index in [9.17, 15) is 9.18 Å². The van der Waals surface area contributed by atoms with Crippen molar-refractivity contribution in [1.82, 2.24) is 0 Å². The number of carbonyl (C=O) groups is 1. The van der Waals surface area contributed by atoms with Crippen molar-refractivity contribution in [2.45, 2.75) is 65.4 Å². The summed E-state index contributed by atoms with van der Waals surface area (Å²) >= 11 is 6.23. The molecule has 150 valence electrons. The minimum Gasteiger partial charge on any atom is -0.491 e. The summed E-state index contributed by atoms with van der Waals surface area (Å²) in [5, 5.41) is 0.350. The van der Waals surface area contributed by atoms with Gasteiger partial charge in [0, 0.05) is 16.5 Å². The molecule has 0 radical (unpaired) electrons. The number of benzene rings is 1. The first-order valence-corrected chi connectivity index (χ1v) is 10.5. The predicted molar refractivity (Wildman–Crippen MR) is 105 cm³/mol. The SMILES string of the molecule is CCOc1ccc(Cl)c([C@@H]2C[C@@H]2C(=O)O[C@@H]2C[C@H](C)CC[C@H]2C(C)C)c1F. The molecule has 0 amide bonds. The third-order valence-corrected chi connectivity index (χ3v) is 6.41. The van der Waals surface area contributed by atoms with Crippen LogP contribution >= 0.6 is 11.6 Å². The van der Waals surface area contributed by atoms with Crippen LogP contribution in [0.4, 0.5) is 4.39 Å². The third kappa shape index (κ3) is 4.42. The van der Waals surface area contributed by atoms with Crippen molar-refractivity contribution < 1.29 is 18.7 Å². The second-order valence-corrected chi connectivity index (χ2v) is 8.86. The van der Waals surface area contributed by atoms with E-state index in [2.05, 4.69) is 20.8 Å². The van der Waals surface area contributed by atoms with Crippen LogP contribution in [0.3, 0.4) is 0 Å². The van der Waals surface area contributed by atoms with Crippen LogP contribution in [0.25, 0.3) is 0 Å². The number of hydrogen-bond donors (Lipinski definition) is 0. The van der Waals surface area contributed by atoms with Crippen LogP contribution in [0.5, 0.6) is 5.75 Å². The minimum absolute atomic E-state index is 0.0300. The second kappa shape index (κ2) is 8.38. The van der Waals surface area contributed by atoms with Crippen LogP contribution < -0.4 is 4.74 Å². The summed E-state index contributed by atoms with van der Waals surface area (Å²) in [6, 6.07) is 3.18. The molecule has 2 fully saturated rings. The molecule has 0 heterocycles. The summed E-state index contributed by atoms with van der Waals surface area (Å²) in [7, 11) is 0. The quantitative estimate of drug-likeness (QED) is 0.554. The molecule has 0 N–H and O–H groups in total. The molecule has 5 atom stereocenters. The Morgan fingerprint density at radius 2 is 2.04 bits per heavy atom. The largest absolute Gasteiger partial charge is 0.491 e. The van der Waals surface area contributed by atoms with Crippen LogP contribution in [0.15, 0.2) is 12.1 Å². The molecule has 2 saturated carbocycles. The van der Waals surface area contributed by atoms with Crippen molar-refractivity contribution in [2.75, 3.05) is 6.61 Å². The zero-order chi connectivity index (χ0) is 19.7. The van der Waals surface area contributed by atoms with Crippen LogP contribution in [0, 0.1) is 29.5 Å². The normalized spacial score (nSPS) is 30.3. The second-order valence-electron chi connectivity index (χ2n) is 8.46. The molecule has 1 aromatic carbocycles. The number of rotatable bonds is 6. The van der Waals surface area contributed by atoms with E-state index in [1.165, 1.54) is 12.5 Å². The van der Waals surface area contributed by atoms with Crippen molar-refractivity contribution in [2.24, 2.45) is 23.7 Å². The highest BCUT2D eigenvalue weighted by Gasteiger charge is 2.49. The standard InChI is InChI=1S/C22H30ClFO3/c1-5-26-18-9-8-17(23)20(21(18)24)15-11-16(15)22(25)27-19-10-13(4)6-7-14(19)12(2)3/h8-9,12-16,19H,5-7,10-11H2,1-4H3/t13-,14+,15-,16+,19-/m1/s1. The first-order chi connectivity index (χ1) is 12.8. The average Bonchev–Trinajstić information content (AvgIpc) is 3.38. The van der Waals surface area contributed by atoms with E-state index in [-0.39, 0.29) is 29.7 Å². The van der Waals surface area contributed by atoms with Gasteiger partial charge in [0.05, 0.1) is 12.5 Å². The Labute approximate surface area is 166 Å². The maximum absolute atomic E-state index is 14.8. The highest BCUT2D eigenvalue weighted by molar-refractivity contribution is 6.31. The van der Waals surface area contributed by atoms with Gasteiger partial charge in [0.25, 0.3) is 0 Å². The summed E-state index contributed by atoms with van der Waals surface area (Å²) in [6.07, 6.45) is 3.76. The van der Waals surface area contributed by atoms with Gasteiger partial charge in [-0.1, -0.05) is 38.8 Å². The van der Waals surface area contributed by atoms with E-state index in [1.807, 2.05) is 0 Å². The first kappa shape index (κ1) is 20.4. The fourth-order valence-corrected chi connectivity index (χ4v) is 4.70. The fraction of sp³-hybridized carbons (Fsp3) is 0.682. The molecule has 0 aromatic heterocycles. The molecular weight excluding hydrogens is 367 g/mol. The van der Waals surface area contributed by atoms with E-state index in [0.717, 1.165) is 12.8 Å². The van der Waals surface area contributed by atoms with Gasteiger partial charge < -0.3 is 9.47 Å². The summed E-state index contributed by atoms with van der Waals surface area (Å²) in [4.78, 5) is 12.7. The first-order valence-electron chi connectivity index (χ1n) is 10.1. The lowest BCUT2D eigenvalue weighted by atomic mass is 9.75. The predicted octanol–water partition coefficient (Wildman–Crippen LogP) is 5.99. The van der Waals surface area contributed by atoms with Crippen molar-refractivity contribution in [1.29, 1.82) is 0 Å². The molecule has 0 unspecified atom stereocenters. The molecule has 0 bridgehead atoms. The van der Waals surface area contributed by atoms with Gasteiger partial charge >= 0.3 is 5.97 Å². The summed E-state index contributed by atoms with van der Waals surface area (Å²) < 4.78 is 26.0. The summed E-state index contributed by atoms with van der Waals surface area (Å²) in [5.41, 5.74) is 0.391. The number of carbonyl (C=O) groups excluding carboxylic acids is 1. The average molecular weight is 397 g/mol. The van der Waals surface area contributed by atoms with E-state index in [0.29, 0.717) is 41.4 Å². The van der Waals surface area contributed by atoms with Gasteiger partial charge in [0.2, 0.25) is 0 Å². The van der Waals surface area contributed by atoms with Gasteiger partial charge in [-0.25, -0.2) is 4.39 Å². The van der Waals surface area contributed by atoms with Crippen LogP contribution in [0.2, 0.25) is 5.02 Å². The minimum atomic E-state index is -0.448. The highest BCUT2D eigenvalue weighted by atomic mass is 35.5. The Morgan fingerprint density at radius 3 is 2.70 bits per heavy atom. The lowest BCUT2D eigenvalue weighted by Gasteiger charge is -2.36. The van der Waals surface area contributed by atoms with E-state index >= 15 is 0 Å². The van der Waals surface area contributed by atoms with Crippen molar-refractivity contribution in [3.8, 4) is 5.75 Å². The molecule has 2 aliphatic rings. The number of ether oxygens (including phenoxy) is 2. The molecule has 0 aliphatic heterocycles. The van der Waals surface area contributed by atoms with Crippen molar-refractivity contribution >= 4 is 17.6 Å². The number of halogens is 2. The van der Waals surface area contributed by atoms with E-state index in [4.69, 9.17) is 21.1 Å². The third-order valence-electron chi connectivity index (χ3n) is 6.08. The molecule has 2 aliphatic carbocycles. The lowest BCUT2D eigenvalue weighted by molar-refractivity contribution is -0.157. The van der Waals surface area contributed by atoms with Gasteiger partial charge in [-0.05, 0) is 56.1 Å². The zero-order valence-electron chi connectivity index (χ0n) is 16.6. The highest BCUT2D eigenvalue weighted by Crippen LogP contribution is 2.52.